The molecule has 28 heavy (non-hydrogen) atoms. The van der Waals surface area contributed by atoms with Gasteiger partial charge in [-0.15, -0.1) is 0 Å². The van der Waals surface area contributed by atoms with E-state index in [1.165, 1.54) is 19.3 Å². The van der Waals surface area contributed by atoms with E-state index in [1.54, 1.807) is 69.5 Å². The maximum absolute atomic E-state index is 10.2. The van der Waals surface area contributed by atoms with Crippen molar-refractivity contribution in [1.82, 2.24) is 0 Å². The second-order valence-electron chi connectivity index (χ2n) is 5.82. The summed E-state index contributed by atoms with van der Waals surface area (Å²) >= 11 is 0.656. The summed E-state index contributed by atoms with van der Waals surface area (Å²) in [5, 5.41) is 16.8. The molecule has 0 spiro atoms. The Morgan fingerprint density at radius 1 is 0.857 bits per heavy atom. The maximum atomic E-state index is 10.2. The van der Waals surface area contributed by atoms with E-state index in [2.05, 4.69) is 6.92 Å². The molecule has 7 heteroatoms. The van der Waals surface area contributed by atoms with E-state index in [-0.39, 0.29) is 21.1 Å². The molecule has 0 saturated carbocycles. The van der Waals surface area contributed by atoms with Gasteiger partial charge >= 0.3 is 101 Å². The number of carbonyl (C=O) groups is 2. The van der Waals surface area contributed by atoms with Crippen LogP contribution in [0.5, 0.6) is 0 Å². The molecule has 0 aliphatic heterocycles. The van der Waals surface area contributed by atoms with Gasteiger partial charge in [0, 0.05) is 0 Å². The van der Waals surface area contributed by atoms with Crippen molar-refractivity contribution in [2.75, 3.05) is 6.61 Å². The molecular weight excluding hydrogens is 570 g/mol. The van der Waals surface area contributed by atoms with Crippen LogP contribution in [-0.4, -0.2) is 72.8 Å². The fourth-order valence-corrected chi connectivity index (χ4v) is 6.68. The average Bonchev–Trinajstić information content (AvgIpc) is 2.73. The second-order valence-corrected chi connectivity index (χ2v) is 11.9. The third-order valence-electron chi connectivity index (χ3n) is 3.50. The van der Waals surface area contributed by atoms with Crippen LogP contribution < -0.4 is 0 Å². The van der Waals surface area contributed by atoms with Crippen LogP contribution in [0.1, 0.15) is 46.9 Å². The monoisotopic (exact) mass is 602 g/mol. The summed E-state index contributed by atoms with van der Waals surface area (Å²) in [6.07, 6.45) is 4.25. The van der Waals surface area contributed by atoms with E-state index in [0.717, 1.165) is 29.5 Å². The molecule has 0 atom stereocenters. The average molecular weight is 600 g/mol. The van der Waals surface area contributed by atoms with E-state index >= 15 is 0 Å². The van der Waals surface area contributed by atoms with E-state index in [9.17, 15) is 9.59 Å². The number of benzene rings is 2. The summed E-state index contributed by atoms with van der Waals surface area (Å²) in [6.45, 7) is 3.34. The molecule has 5 nitrogen and oxygen atoms in total. The van der Waals surface area contributed by atoms with E-state index in [0.29, 0.717) is 11.1 Å². The van der Waals surface area contributed by atoms with Crippen LogP contribution in [0, 0.1) is 0 Å². The van der Waals surface area contributed by atoms with Gasteiger partial charge in [0.2, 0.25) is 0 Å². The number of carboxylic acid groups (broad SMARTS) is 2. The van der Waals surface area contributed by atoms with Gasteiger partial charge in [-0.25, -0.2) is 9.59 Å². The van der Waals surface area contributed by atoms with Gasteiger partial charge in [-0.3, -0.25) is 0 Å². The van der Waals surface area contributed by atoms with Gasteiger partial charge in [0.25, 0.3) is 0 Å². The summed E-state index contributed by atoms with van der Waals surface area (Å²) in [5.74, 6) is -1.76. The van der Waals surface area contributed by atoms with Crippen molar-refractivity contribution in [2.24, 2.45) is 0 Å². The molecule has 152 valence electrons. The minimum atomic E-state index is -0.879. The molecule has 0 saturated heterocycles. The van der Waals surface area contributed by atoms with Crippen LogP contribution in [0.4, 0.5) is 0 Å². The fraction of sp³-hybridized carbons (Fsp3) is 0.333. The van der Waals surface area contributed by atoms with Crippen molar-refractivity contribution in [2.45, 2.75) is 35.1 Å². The Morgan fingerprint density at radius 2 is 1.29 bits per heavy atom. The van der Waals surface area contributed by atoms with Crippen molar-refractivity contribution < 1.29 is 22.9 Å². The zero-order valence-electron chi connectivity index (χ0n) is 16.4. The van der Waals surface area contributed by atoms with E-state index in [1.807, 2.05) is 0 Å². The van der Waals surface area contributed by atoms with Gasteiger partial charge in [0.05, 0.1) is 11.1 Å². The Hall–Kier alpha value is -1.06. The number of aromatic carboxylic acids is 2. The number of hydrogen-bond donors (Lipinski definition) is 2. The summed E-state index contributed by atoms with van der Waals surface area (Å²) in [6, 6.07) is 16.6. The van der Waals surface area contributed by atoms with Gasteiger partial charge in [-0.1, -0.05) is 36.4 Å². The molecule has 0 aromatic heterocycles. The van der Waals surface area contributed by atoms with Crippen LogP contribution in [-0.2, 0) is 3.07 Å². The molecule has 2 aromatic carbocycles. The normalized spacial score (nSPS) is 9.36. The molecule has 0 aliphatic carbocycles. The predicted octanol–water partition coefficient (Wildman–Crippen LogP) is 3.78. The number of carboxylic acids is 2. The summed E-state index contributed by atoms with van der Waals surface area (Å²) in [5.41, 5.74) is 0.662. The first-order valence-corrected chi connectivity index (χ1v) is 15.6. The Balaban J connectivity index is 0.000000391. The summed E-state index contributed by atoms with van der Waals surface area (Å²) in [7, 11) is 0. The molecule has 2 radical (unpaired) electrons. The Bertz CT molecular complexity index is 578. The molecule has 0 amide bonds. The fourth-order valence-electron chi connectivity index (χ4n) is 1.98. The third-order valence-corrected chi connectivity index (χ3v) is 8.98. The zero-order chi connectivity index (χ0) is 21.0. The standard InChI is InChI=1S/2C7H6O2.C4H9.C3H6O.2Sn.3H/c2*8-7(9)6-4-2-1-3-5-6;1-3-4-2;1-2-3-4;;;;;/h2*1-5H,(H,8,9);1,3-4H2,2H3;1-3H2;;;;;/q;;;-1;;+1;;;. The first-order chi connectivity index (χ1) is 13.5. The minimum Gasteiger partial charge on any atom is -0.478 e. The van der Waals surface area contributed by atoms with Crippen molar-refractivity contribution in [1.29, 1.82) is 0 Å². The van der Waals surface area contributed by atoms with Crippen molar-refractivity contribution in [3.8, 4) is 0 Å². The van der Waals surface area contributed by atoms with Gasteiger partial charge in [0.1, 0.15) is 0 Å². The van der Waals surface area contributed by atoms with Crippen LogP contribution in [0.3, 0.4) is 0 Å². The molecule has 0 bridgehead atoms. The largest absolute Gasteiger partial charge is 0.478 e. The molecule has 0 fully saturated rings. The molecule has 2 N–H and O–H groups in total. The molecule has 2 aromatic rings. The second kappa shape index (κ2) is 19.3. The Morgan fingerprint density at radius 3 is 1.61 bits per heavy atom. The molecule has 0 heterocycles. The van der Waals surface area contributed by atoms with Crippen LogP contribution >= 0.6 is 0 Å². The molecule has 0 unspecified atom stereocenters. The number of unbranched alkanes of at least 4 members (excludes halogenated alkanes) is 1. The molecule has 2 rings (SSSR count). The van der Waals surface area contributed by atoms with Gasteiger partial charge in [0.15, 0.2) is 0 Å². The first kappa shape index (κ1) is 26.9. The summed E-state index contributed by atoms with van der Waals surface area (Å²) in [4.78, 5) is 20.4. The molecule has 0 aliphatic rings. The smallest absolute Gasteiger partial charge is 0.335 e. The predicted molar refractivity (Wildman–Crippen MR) is 118 cm³/mol. The van der Waals surface area contributed by atoms with Crippen molar-refractivity contribution in [3.63, 3.8) is 0 Å². The van der Waals surface area contributed by atoms with Crippen molar-refractivity contribution in [3.05, 3.63) is 71.8 Å². The SMILES string of the molecule is CCC[CH2][SnH][CH2]CC[O][SnH2].O=C(O)c1ccccc1.O=C(O)c1ccccc1. The maximum Gasteiger partial charge on any atom is 0.335 e. The minimum absolute atomic E-state index is 0.0808. The van der Waals surface area contributed by atoms with Crippen LogP contribution in [0.2, 0.25) is 8.87 Å². The van der Waals surface area contributed by atoms with E-state index in [4.69, 9.17) is 13.3 Å². The topological polar surface area (TPSA) is 83.8 Å². The van der Waals surface area contributed by atoms with E-state index < -0.39 is 11.9 Å². The van der Waals surface area contributed by atoms with Gasteiger partial charge in [-0.2, -0.15) is 0 Å². The van der Waals surface area contributed by atoms with Gasteiger partial charge in [-0.05, 0) is 24.3 Å². The van der Waals surface area contributed by atoms with Crippen molar-refractivity contribution >= 4 is 56.0 Å². The third kappa shape index (κ3) is 15.9. The van der Waals surface area contributed by atoms with Crippen LogP contribution in [0.25, 0.3) is 0 Å². The number of rotatable bonds is 9. The summed E-state index contributed by atoms with van der Waals surface area (Å²) < 4.78 is 8.31. The zero-order valence-corrected chi connectivity index (χ0v) is 23.8. The Labute approximate surface area is 191 Å². The van der Waals surface area contributed by atoms with Gasteiger partial charge < -0.3 is 10.2 Å². The number of hydrogen-bond acceptors (Lipinski definition) is 3. The first-order valence-electron chi connectivity index (χ1n) is 9.28. The van der Waals surface area contributed by atoms with Crippen LogP contribution in [0.15, 0.2) is 60.7 Å². The molecular formula is C21H30O5Sn2. The quantitative estimate of drug-likeness (QED) is 0.339. The Kier molecular flexibility index (Phi) is 18.5.